The van der Waals surface area contributed by atoms with Gasteiger partial charge in [-0.2, -0.15) is 9.97 Å². The van der Waals surface area contributed by atoms with Gasteiger partial charge in [0.25, 0.3) is 0 Å². The van der Waals surface area contributed by atoms with E-state index in [0.29, 0.717) is 10.8 Å². The van der Waals surface area contributed by atoms with Crippen molar-refractivity contribution in [1.82, 2.24) is 9.97 Å². The van der Waals surface area contributed by atoms with Gasteiger partial charge in [-0.3, -0.25) is 0 Å². The van der Waals surface area contributed by atoms with Crippen molar-refractivity contribution in [1.29, 1.82) is 0 Å². The molecule has 0 amide bonds. The standard InChI is InChI=1S/C13H14ClN3O2/c1-7-4-9(14)5-8(2)11(7)19-13-10(15)12(18-3)16-6-17-13/h4-6H,15H2,1-3H3. The molecular weight excluding hydrogens is 266 g/mol. The van der Waals surface area contributed by atoms with Crippen LogP contribution in [0.25, 0.3) is 0 Å². The van der Waals surface area contributed by atoms with E-state index < -0.39 is 0 Å². The molecular formula is C13H14ClN3O2. The minimum atomic E-state index is 0.263. The predicted molar refractivity (Wildman–Crippen MR) is 74.0 cm³/mol. The molecule has 2 N–H and O–H groups in total. The summed E-state index contributed by atoms with van der Waals surface area (Å²) >= 11 is 5.98. The average molecular weight is 280 g/mol. The van der Waals surface area contributed by atoms with Crippen LogP contribution in [0.3, 0.4) is 0 Å². The Bertz CT molecular complexity index is 594. The van der Waals surface area contributed by atoms with E-state index in [-0.39, 0.29) is 17.4 Å². The molecule has 0 bridgehead atoms. The van der Waals surface area contributed by atoms with Crippen molar-refractivity contribution >= 4 is 17.3 Å². The van der Waals surface area contributed by atoms with Crippen LogP contribution in [0, 0.1) is 13.8 Å². The van der Waals surface area contributed by atoms with Gasteiger partial charge in [0, 0.05) is 5.02 Å². The maximum atomic E-state index is 5.98. The average Bonchev–Trinajstić information content (AvgIpc) is 2.35. The Balaban J connectivity index is 2.42. The van der Waals surface area contributed by atoms with Crippen molar-refractivity contribution in [3.63, 3.8) is 0 Å². The molecule has 1 aromatic heterocycles. The number of methoxy groups -OCH3 is 1. The lowest BCUT2D eigenvalue weighted by Crippen LogP contribution is -2.01. The highest BCUT2D eigenvalue weighted by Gasteiger charge is 2.13. The first-order valence-electron chi connectivity index (χ1n) is 5.62. The quantitative estimate of drug-likeness (QED) is 0.935. The Hall–Kier alpha value is -2.01. The minimum absolute atomic E-state index is 0.263. The number of nitrogens with zero attached hydrogens (tertiary/aromatic N) is 2. The number of rotatable bonds is 3. The number of halogens is 1. The van der Waals surface area contributed by atoms with Crippen LogP contribution >= 0.6 is 11.6 Å². The van der Waals surface area contributed by atoms with Gasteiger partial charge in [-0.25, -0.2) is 0 Å². The van der Waals surface area contributed by atoms with Crippen LogP contribution < -0.4 is 15.2 Å². The topological polar surface area (TPSA) is 70.3 Å². The fourth-order valence-corrected chi connectivity index (χ4v) is 2.09. The summed E-state index contributed by atoms with van der Waals surface area (Å²) in [4.78, 5) is 7.91. The van der Waals surface area contributed by atoms with E-state index in [1.165, 1.54) is 13.4 Å². The Morgan fingerprint density at radius 2 is 1.68 bits per heavy atom. The van der Waals surface area contributed by atoms with Crippen LogP contribution in [0.5, 0.6) is 17.5 Å². The van der Waals surface area contributed by atoms with E-state index in [1.54, 1.807) is 0 Å². The maximum Gasteiger partial charge on any atom is 0.249 e. The number of anilines is 1. The summed E-state index contributed by atoms with van der Waals surface area (Å²) in [7, 11) is 1.49. The summed E-state index contributed by atoms with van der Waals surface area (Å²) in [6.07, 6.45) is 1.34. The Morgan fingerprint density at radius 3 is 2.26 bits per heavy atom. The third-order valence-corrected chi connectivity index (χ3v) is 2.85. The van der Waals surface area contributed by atoms with E-state index >= 15 is 0 Å². The predicted octanol–water partition coefficient (Wildman–Crippen LogP) is 3.13. The number of benzene rings is 1. The van der Waals surface area contributed by atoms with Crippen LogP contribution in [0.4, 0.5) is 5.69 Å². The van der Waals surface area contributed by atoms with Crippen LogP contribution in [-0.2, 0) is 0 Å². The molecule has 1 heterocycles. The SMILES string of the molecule is COc1ncnc(Oc2c(C)cc(Cl)cc2C)c1N. The molecule has 100 valence electrons. The zero-order valence-corrected chi connectivity index (χ0v) is 11.7. The van der Waals surface area contributed by atoms with Gasteiger partial charge in [0.05, 0.1) is 7.11 Å². The molecule has 6 heteroatoms. The third-order valence-electron chi connectivity index (χ3n) is 2.63. The Labute approximate surface area is 116 Å². The largest absolute Gasteiger partial charge is 0.479 e. The molecule has 0 saturated carbocycles. The molecule has 2 rings (SSSR count). The second-order valence-electron chi connectivity index (χ2n) is 4.07. The minimum Gasteiger partial charge on any atom is -0.479 e. The first kappa shape index (κ1) is 13.4. The fourth-order valence-electron chi connectivity index (χ4n) is 1.76. The van der Waals surface area contributed by atoms with Crippen molar-refractivity contribution in [2.75, 3.05) is 12.8 Å². The van der Waals surface area contributed by atoms with Crippen molar-refractivity contribution in [2.45, 2.75) is 13.8 Å². The first-order chi connectivity index (χ1) is 9.02. The molecule has 0 unspecified atom stereocenters. The summed E-state index contributed by atoms with van der Waals surface area (Å²) in [5, 5.41) is 0.663. The third kappa shape index (κ3) is 2.71. The molecule has 0 atom stereocenters. The van der Waals surface area contributed by atoms with Gasteiger partial charge in [0.15, 0.2) is 5.69 Å². The zero-order chi connectivity index (χ0) is 14.0. The molecule has 0 aliphatic heterocycles. The van der Waals surface area contributed by atoms with Crippen LogP contribution in [0.2, 0.25) is 5.02 Å². The number of aromatic nitrogens is 2. The monoisotopic (exact) mass is 279 g/mol. The Morgan fingerprint density at radius 1 is 1.11 bits per heavy atom. The lowest BCUT2D eigenvalue weighted by molar-refractivity contribution is 0.391. The van der Waals surface area contributed by atoms with Gasteiger partial charge in [-0.1, -0.05) is 11.6 Å². The van der Waals surface area contributed by atoms with Gasteiger partial charge in [-0.05, 0) is 37.1 Å². The van der Waals surface area contributed by atoms with Gasteiger partial charge in [0.1, 0.15) is 12.1 Å². The first-order valence-corrected chi connectivity index (χ1v) is 5.99. The van der Waals surface area contributed by atoms with E-state index in [0.717, 1.165) is 11.1 Å². The Kier molecular flexibility index (Phi) is 3.76. The summed E-state index contributed by atoms with van der Waals surface area (Å²) in [5.74, 6) is 1.23. The van der Waals surface area contributed by atoms with Crippen LogP contribution in [0.15, 0.2) is 18.5 Å². The molecule has 0 spiro atoms. The van der Waals surface area contributed by atoms with E-state index in [1.807, 2.05) is 26.0 Å². The lowest BCUT2D eigenvalue weighted by atomic mass is 10.1. The number of nitrogens with two attached hydrogens (primary N) is 1. The summed E-state index contributed by atoms with van der Waals surface area (Å²) in [6.45, 7) is 3.81. The lowest BCUT2D eigenvalue weighted by Gasteiger charge is -2.13. The molecule has 2 aromatic rings. The molecule has 0 radical (unpaired) electrons. The summed E-state index contributed by atoms with van der Waals surface area (Å²) < 4.78 is 10.8. The molecule has 0 aliphatic rings. The van der Waals surface area contributed by atoms with Gasteiger partial charge < -0.3 is 15.2 Å². The van der Waals surface area contributed by atoms with Gasteiger partial charge in [0.2, 0.25) is 11.8 Å². The second kappa shape index (κ2) is 5.32. The second-order valence-corrected chi connectivity index (χ2v) is 4.51. The van der Waals surface area contributed by atoms with E-state index in [9.17, 15) is 0 Å². The van der Waals surface area contributed by atoms with Crippen molar-refractivity contribution in [3.8, 4) is 17.5 Å². The maximum absolute atomic E-state index is 5.98. The van der Waals surface area contributed by atoms with Crippen LogP contribution in [0.1, 0.15) is 11.1 Å². The fraction of sp³-hybridized carbons (Fsp3) is 0.231. The molecule has 19 heavy (non-hydrogen) atoms. The van der Waals surface area contributed by atoms with Crippen molar-refractivity contribution < 1.29 is 9.47 Å². The molecule has 0 aliphatic carbocycles. The van der Waals surface area contributed by atoms with E-state index in [2.05, 4.69) is 9.97 Å². The summed E-state index contributed by atoms with van der Waals surface area (Å²) in [5.41, 5.74) is 7.94. The highest BCUT2D eigenvalue weighted by Crippen LogP contribution is 2.34. The molecule has 5 nitrogen and oxygen atoms in total. The highest BCUT2D eigenvalue weighted by molar-refractivity contribution is 6.30. The number of aryl methyl sites for hydroxylation is 2. The number of hydrogen-bond donors (Lipinski definition) is 1. The van der Waals surface area contributed by atoms with Crippen LogP contribution in [-0.4, -0.2) is 17.1 Å². The number of hydrogen-bond acceptors (Lipinski definition) is 5. The van der Waals surface area contributed by atoms with Gasteiger partial charge in [-0.15, -0.1) is 0 Å². The van der Waals surface area contributed by atoms with Gasteiger partial charge >= 0.3 is 0 Å². The zero-order valence-electron chi connectivity index (χ0n) is 10.9. The normalized spacial score (nSPS) is 10.3. The smallest absolute Gasteiger partial charge is 0.249 e. The molecule has 0 saturated heterocycles. The van der Waals surface area contributed by atoms with E-state index in [4.69, 9.17) is 26.8 Å². The van der Waals surface area contributed by atoms with Crippen molar-refractivity contribution in [2.24, 2.45) is 0 Å². The summed E-state index contributed by atoms with van der Waals surface area (Å²) in [6, 6.07) is 3.64. The number of ether oxygens (including phenoxy) is 2. The number of nitrogen functional groups attached to an aromatic ring is 1. The molecule has 0 fully saturated rings. The van der Waals surface area contributed by atoms with Crippen molar-refractivity contribution in [3.05, 3.63) is 34.6 Å². The molecule has 1 aromatic carbocycles. The highest BCUT2D eigenvalue weighted by atomic mass is 35.5.